The number of unbranched alkanes of at least 4 members (excludes halogenated alkanes) is 47. The molecule has 0 fully saturated rings. The lowest BCUT2D eigenvalue weighted by Gasteiger charge is -2.24. The molecule has 10 heteroatoms. The van der Waals surface area contributed by atoms with Gasteiger partial charge in [0.15, 0.2) is 6.10 Å². The Hall–Kier alpha value is -3.33. The second-order valence-electron chi connectivity index (χ2n) is 29.8. The van der Waals surface area contributed by atoms with E-state index in [1.807, 2.05) is 21.1 Å². The molecule has 0 amide bonds. The number of phosphoric ester groups is 1. The number of hydrogen-bond donors (Lipinski definition) is 1. The molecular weight excluding hydrogens is 1250 g/mol. The lowest BCUT2D eigenvalue weighted by molar-refractivity contribution is -0.870. The molecule has 100 heavy (non-hydrogen) atoms. The molecule has 9 nitrogen and oxygen atoms in total. The van der Waals surface area contributed by atoms with Crippen molar-refractivity contribution in [3.8, 4) is 0 Å². The van der Waals surface area contributed by atoms with Crippen LogP contribution in [0.15, 0.2) is 109 Å². The molecule has 2 atom stereocenters. The van der Waals surface area contributed by atoms with Crippen LogP contribution in [0.1, 0.15) is 399 Å². The molecule has 0 aliphatic rings. The average molecular weight is 1420 g/mol. The van der Waals surface area contributed by atoms with E-state index >= 15 is 0 Å². The first-order valence-corrected chi connectivity index (χ1v) is 44.1. The van der Waals surface area contributed by atoms with Crippen LogP contribution in [0.25, 0.3) is 0 Å². The van der Waals surface area contributed by atoms with Crippen LogP contribution < -0.4 is 0 Å². The lowest BCUT2D eigenvalue weighted by atomic mass is 10.0. The van der Waals surface area contributed by atoms with Gasteiger partial charge in [0.05, 0.1) is 27.7 Å². The predicted molar refractivity (Wildman–Crippen MR) is 436 cm³/mol. The van der Waals surface area contributed by atoms with Gasteiger partial charge in [0.1, 0.15) is 19.8 Å². The predicted octanol–water partition coefficient (Wildman–Crippen LogP) is 28.7. The zero-order valence-electron chi connectivity index (χ0n) is 66.4. The van der Waals surface area contributed by atoms with Crippen LogP contribution in [0.5, 0.6) is 0 Å². The normalized spacial score (nSPS) is 13.5. The van der Waals surface area contributed by atoms with Crippen molar-refractivity contribution in [3.63, 3.8) is 0 Å². The first kappa shape index (κ1) is 96.7. The van der Waals surface area contributed by atoms with Gasteiger partial charge in [0.25, 0.3) is 0 Å². The minimum Gasteiger partial charge on any atom is -0.462 e. The van der Waals surface area contributed by atoms with Gasteiger partial charge in [-0.15, -0.1) is 0 Å². The first-order chi connectivity index (χ1) is 49.0. The molecule has 0 rings (SSSR count). The third kappa shape index (κ3) is 83.6. The van der Waals surface area contributed by atoms with Crippen LogP contribution in [-0.4, -0.2) is 74.9 Å². The summed E-state index contributed by atoms with van der Waals surface area (Å²) in [6.45, 7) is 4.36. The van der Waals surface area contributed by atoms with Crippen molar-refractivity contribution in [2.45, 2.75) is 405 Å². The van der Waals surface area contributed by atoms with Crippen LogP contribution in [0.4, 0.5) is 0 Å². The third-order valence-electron chi connectivity index (χ3n) is 18.8. The van der Waals surface area contributed by atoms with Gasteiger partial charge in [-0.3, -0.25) is 18.6 Å². The smallest absolute Gasteiger partial charge is 0.462 e. The summed E-state index contributed by atoms with van der Waals surface area (Å²) in [5.41, 5.74) is 0. The van der Waals surface area contributed by atoms with Crippen molar-refractivity contribution in [3.05, 3.63) is 109 Å². The van der Waals surface area contributed by atoms with E-state index in [9.17, 15) is 19.0 Å². The lowest BCUT2D eigenvalue weighted by Crippen LogP contribution is -2.37. The van der Waals surface area contributed by atoms with Crippen molar-refractivity contribution in [1.29, 1.82) is 0 Å². The van der Waals surface area contributed by atoms with Gasteiger partial charge in [-0.2, -0.15) is 0 Å². The topological polar surface area (TPSA) is 108 Å². The van der Waals surface area contributed by atoms with Crippen LogP contribution >= 0.6 is 7.82 Å². The fourth-order valence-corrected chi connectivity index (χ4v) is 13.1. The number of hydrogen-bond acceptors (Lipinski definition) is 7. The highest BCUT2D eigenvalue weighted by Gasteiger charge is 2.27. The van der Waals surface area contributed by atoms with Gasteiger partial charge in [-0.05, 0) is 103 Å². The van der Waals surface area contributed by atoms with Crippen molar-refractivity contribution >= 4 is 19.8 Å². The summed E-state index contributed by atoms with van der Waals surface area (Å²) >= 11 is 0. The molecule has 0 radical (unpaired) electrons. The van der Waals surface area contributed by atoms with Crippen LogP contribution in [-0.2, 0) is 32.7 Å². The van der Waals surface area contributed by atoms with Crippen LogP contribution in [0.3, 0.4) is 0 Å². The van der Waals surface area contributed by atoms with E-state index in [1.54, 1.807) is 0 Å². The molecule has 0 heterocycles. The third-order valence-corrected chi connectivity index (χ3v) is 19.8. The maximum absolute atomic E-state index is 12.9. The number of nitrogens with zero attached hydrogens (tertiary/aromatic N) is 1. The first-order valence-electron chi connectivity index (χ1n) is 42.6. The maximum Gasteiger partial charge on any atom is 0.472 e. The van der Waals surface area contributed by atoms with E-state index in [0.29, 0.717) is 23.9 Å². The Balaban J connectivity index is 3.91. The van der Waals surface area contributed by atoms with Gasteiger partial charge < -0.3 is 18.9 Å². The molecule has 0 aromatic rings. The molecule has 0 aromatic carbocycles. The molecule has 580 valence electrons. The number of carbonyl (C=O) groups is 2. The number of allylic oxidation sites excluding steroid dienone is 18. The molecule has 0 saturated carbocycles. The van der Waals surface area contributed by atoms with Crippen molar-refractivity contribution < 1.29 is 42.1 Å². The summed E-state index contributed by atoms with van der Waals surface area (Å²) in [4.78, 5) is 36.0. The highest BCUT2D eigenvalue weighted by Crippen LogP contribution is 2.43. The average Bonchev–Trinajstić information content (AvgIpc) is 1.30. The Morgan fingerprint density at radius 1 is 0.320 bits per heavy atom. The number of carbonyl (C=O) groups excluding carboxylic acids is 2. The Morgan fingerprint density at radius 3 is 0.850 bits per heavy atom. The molecule has 0 saturated heterocycles. The highest BCUT2D eigenvalue weighted by molar-refractivity contribution is 7.47. The van der Waals surface area contributed by atoms with Crippen molar-refractivity contribution in [2.75, 3.05) is 47.5 Å². The Morgan fingerprint density at radius 2 is 0.570 bits per heavy atom. The fourth-order valence-electron chi connectivity index (χ4n) is 12.3. The van der Waals surface area contributed by atoms with E-state index in [-0.39, 0.29) is 25.6 Å². The zero-order chi connectivity index (χ0) is 72.5. The number of likely N-dealkylation sites (N-methyl/N-ethyl adjacent to an activating group) is 1. The van der Waals surface area contributed by atoms with E-state index in [1.165, 1.54) is 283 Å². The van der Waals surface area contributed by atoms with Gasteiger partial charge >= 0.3 is 19.8 Å². The van der Waals surface area contributed by atoms with Gasteiger partial charge in [-0.1, -0.05) is 393 Å². The number of rotatable bonds is 79. The quantitative estimate of drug-likeness (QED) is 0.0211. The number of esters is 2. The van der Waals surface area contributed by atoms with Gasteiger partial charge in [0.2, 0.25) is 0 Å². The minimum absolute atomic E-state index is 0.0317. The second-order valence-corrected chi connectivity index (χ2v) is 31.3. The Kier molecular flexibility index (Phi) is 77.1. The number of phosphoric acid groups is 1. The van der Waals surface area contributed by atoms with Crippen LogP contribution in [0, 0.1) is 0 Å². The van der Waals surface area contributed by atoms with Crippen LogP contribution in [0.2, 0.25) is 0 Å². The summed E-state index contributed by atoms with van der Waals surface area (Å²) in [6, 6.07) is 0. The van der Waals surface area contributed by atoms with Crippen molar-refractivity contribution in [2.24, 2.45) is 0 Å². The molecule has 0 bridgehead atoms. The molecule has 0 aliphatic carbocycles. The van der Waals surface area contributed by atoms with Gasteiger partial charge in [0, 0.05) is 12.8 Å². The Labute approximate surface area is 620 Å². The summed E-state index contributed by atoms with van der Waals surface area (Å²) in [6.07, 6.45) is 114. The standard InChI is InChI=1S/C90H162NO8P/c1-6-8-10-12-14-16-18-20-22-24-26-28-30-32-34-36-38-40-42-43-44-45-46-47-49-51-53-55-57-59-61-63-65-67-69-71-73-75-77-79-81-83-90(93)99-88(87-98-100(94,95)97-85-84-91(3,4)5)86-96-89(92)82-80-78-76-74-72-70-68-66-64-62-60-58-56-54-52-50-48-41-39-37-35-33-31-29-27-25-23-21-19-17-15-13-11-9-7-2/h8,10,14,16,19-22,25-28,32,34,38,40,43-44,88H,6-7,9,11-13,15,17-18,23-24,29-31,33,35-37,39,41-42,45-87H2,1-5H3/p+1/b10-8-,16-14-,21-19-,22-20-,27-25-,28-26-,34-32-,40-38-,44-43-. The number of ether oxygens (including phenoxy) is 2. The largest absolute Gasteiger partial charge is 0.472 e. The van der Waals surface area contributed by atoms with E-state index in [2.05, 4.69) is 123 Å². The fraction of sp³-hybridized carbons (Fsp3) is 0.778. The summed E-state index contributed by atoms with van der Waals surface area (Å²) in [7, 11) is 1.49. The maximum atomic E-state index is 12.9. The minimum atomic E-state index is -4.40. The molecule has 2 unspecified atom stereocenters. The summed E-state index contributed by atoms with van der Waals surface area (Å²) in [5, 5.41) is 0. The van der Waals surface area contributed by atoms with E-state index in [4.69, 9.17) is 18.5 Å². The second kappa shape index (κ2) is 79.8. The SMILES string of the molecule is CC/C=C\C/C=C\C/C=C\C/C=C\C/C=C\C/C=C\C/C=C\CCCCCCCCCCCCCCCCCCCCCC(=O)OC(COC(=O)CCCCCCCCCCCCCCCCCCCCCCCCC/C=C\C/C=C\CCCCCCC)COP(=O)(O)OCC[N+](C)(C)C. The van der Waals surface area contributed by atoms with E-state index < -0.39 is 26.5 Å². The summed E-state index contributed by atoms with van der Waals surface area (Å²) in [5.74, 6) is -0.779. The molecular formula is C90H163NO8P+. The molecule has 1 N–H and O–H groups in total. The van der Waals surface area contributed by atoms with E-state index in [0.717, 1.165) is 83.5 Å². The summed E-state index contributed by atoms with van der Waals surface area (Å²) < 4.78 is 34.9. The molecule has 0 aromatic heterocycles. The van der Waals surface area contributed by atoms with Crippen molar-refractivity contribution in [1.82, 2.24) is 0 Å². The zero-order valence-corrected chi connectivity index (χ0v) is 67.3. The monoisotopic (exact) mass is 1420 g/mol. The molecule has 0 spiro atoms. The number of quaternary nitrogens is 1. The molecule has 0 aliphatic heterocycles. The Bertz CT molecular complexity index is 2060. The van der Waals surface area contributed by atoms with Gasteiger partial charge in [-0.25, -0.2) is 4.57 Å². The highest BCUT2D eigenvalue weighted by atomic mass is 31.2.